The molecule has 1 saturated heterocycles. The van der Waals surface area contributed by atoms with Crippen LogP contribution in [0.2, 0.25) is 0 Å². The van der Waals surface area contributed by atoms with Crippen molar-refractivity contribution in [2.75, 3.05) is 13.2 Å². The second kappa shape index (κ2) is 8.86. The predicted molar refractivity (Wildman–Crippen MR) is 107 cm³/mol. The van der Waals surface area contributed by atoms with E-state index in [2.05, 4.69) is 15.2 Å². The van der Waals surface area contributed by atoms with E-state index in [1.54, 1.807) is 30.7 Å². The molecule has 1 N–H and O–H groups in total. The number of rotatable bonds is 7. The molecule has 4 rings (SSSR count). The molecule has 7 heteroatoms. The van der Waals surface area contributed by atoms with Crippen LogP contribution >= 0.6 is 0 Å². The second-order valence-corrected chi connectivity index (χ2v) is 7.09. The number of aromatic nitrogens is 3. The quantitative estimate of drug-likeness (QED) is 0.612. The molecule has 6 nitrogen and oxygen atoms in total. The molecule has 0 saturated carbocycles. The van der Waals surface area contributed by atoms with Crippen molar-refractivity contribution in [1.82, 2.24) is 20.1 Å². The lowest BCUT2D eigenvalue weighted by Gasteiger charge is -2.25. The fourth-order valence-corrected chi connectivity index (χ4v) is 3.79. The fourth-order valence-electron chi connectivity index (χ4n) is 3.79. The van der Waals surface area contributed by atoms with Gasteiger partial charge in [-0.15, -0.1) is 0 Å². The first kappa shape index (κ1) is 19.1. The normalized spacial score (nSPS) is 16.2. The topological polar surface area (TPSA) is 71.1 Å². The van der Waals surface area contributed by atoms with Crippen LogP contribution < -0.4 is 4.74 Å². The van der Waals surface area contributed by atoms with Crippen LogP contribution in [0.15, 0.2) is 55.0 Å². The van der Waals surface area contributed by atoms with E-state index in [4.69, 9.17) is 4.74 Å². The van der Waals surface area contributed by atoms with Crippen LogP contribution in [0, 0.1) is 5.82 Å². The Morgan fingerprint density at radius 3 is 2.97 bits per heavy atom. The first-order chi connectivity index (χ1) is 14.2. The smallest absolute Gasteiger partial charge is 0.223 e. The molecule has 0 bridgehead atoms. The highest BCUT2D eigenvalue weighted by atomic mass is 19.1. The van der Waals surface area contributed by atoms with Gasteiger partial charge in [-0.25, -0.2) is 4.39 Å². The van der Waals surface area contributed by atoms with Crippen LogP contribution in [0.25, 0.3) is 11.1 Å². The lowest BCUT2D eigenvalue weighted by molar-refractivity contribution is -0.132. The number of halogens is 1. The van der Waals surface area contributed by atoms with Crippen molar-refractivity contribution in [2.45, 2.75) is 31.7 Å². The summed E-state index contributed by atoms with van der Waals surface area (Å²) in [5.41, 5.74) is 3.01. The maximum Gasteiger partial charge on any atom is 0.223 e. The van der Waals surface area contributed by atoms with E-state index in [1.807, 2.05) is 17.0 Å². The summed E-state index contributed by atoms with van der Waals surface area (Å²) in [6.07, 6.45) is 8.16. The van der Waals surface area contributed by atoms with Crippen molar-refractivity contribution < 1.29 is 13.9 Å². The standard InChI is InChI=1S/C22H23FN4O2/c23-17-4-1-5-18(14-17)29-13-3-7-21(28)27-12-2-6-20(27)22-19(15-25-26-22)16-8-10-24-11-9-16/h1,4-5,8-11,14-15,20H,2-3,6-7,12-13H2,(H,25,26)/t20-/m1/s1. The summed E-state index contributed by atoms with van der Waals surface area (Å²) in [4.78, 5) is 18.8. The van der Waals surface area contributed by atoms with Gasteiger partial charge in [0.15, 0.2) is 0 Å². The van der Waals surface area contributed by atoms with E-state index in [-0.39, 0.29) is 17.8 Å². The first-order valence-electron chi connectivity index (χ1n) is 9.84. The van der Waals surface area contributed by atoms with Crippen LogP contribution in [-0.4, -0.2) is 39.1 Å². The average molecular weight is 394 g/mol. The third-order valence-electron chi connectivity index (χ3n) is 5.17. The van der Waals surface area contributed by atoms with Crippen molar-refractivity contribution in [3.63, 3.8) is 0 Å². The summed E-state index contributed by atoms with van der Waals surface area (Å²) in [6.45, 7) is 1.11. The molecule has 1 aliphatic heterocycles. The number of hydrogen-bond acceptors (Lipinski definition) is 4. The Kier molecular flexibility index (Phi) is 5.84. The van der Waals surface area contributed by atoms with Gasteiger partial charge in [-0.2, -0.15) is 5.10 Å². The highest BCUT2D eigenvalue weighted by Gasteiger charge is 2.32. The lowest BCUT2D eigenvalue weighted by atomic mass is 10.0. The number of amides is 1. The molecule has 1 amide bonds. The molecule has 1 fully saturated rings. The van der Waals surface area contributed by atoms with Crippen LogP contribution in [0.5, 0.6) is 5.75 Å². The molecule has 1 atom stereocenters. The number of H-pyrrole nitrogens is 1. The average Bonchev–Trinajstić information content (AvgIpc) is 3.41. The van der Waals surface area contributed by atoms with Crippen molar-refractivity contribution in [3.05, 3.63) is 66.5 Å². The second-order valence-electron chi connectivity index (χ2n) is 7.09. The van der Waals surface area contributed by atoms with Gasteiger partial charge in [0.25, 0.3) is 0 Å². The van der Waals surface area contributed by atoms with Crippen molar-refractivity contribution in [1.29, 1.82) is 0 Å². The SMILES string of the molecule is O=C(CCCOc1cccc(F)c1)N1CCC[C@@H]1c1[nH]ncc1-c1ccncc1. The zero-order valence-electron chi connectivity index (χ0n) is 16.1. The van der Waals surface area contributed by atoms with Crippen molar-refractivity contribution >= 4 is 5.91 Å². The van der Waals surface area contributed by atoms with Gasteiger partial charge >= 0.3 is 0 Å². The molecule has 0 radical (unpaired) electrons. The molecular formula is C22H23FN4O2. The summed E-state index contributed by atoms with van der Waals surface area (Å²) < 4.78 is 18.7. The van der Waals surface area contributed by atoms with Crippen LogP contribution in [0.3, 0.4) is 0 Å². The van der Waals surface area contributed by atoms with Gasteiger partial charge in [0.05, 0.1) is 24.5 Å². The number of nitrogens with one attached hydrogen (secondary N) is 1. The van der Waals surface area contributed by atoms with Gasteiger partial charge in [-0.05, 0) is 49.1 Å². The Bertz CT molecular complexity index is 960. The maximum absolute atomic E-state index is 13.2. The molecule has 0 spiro atoms. The van der Waals surface area contributed by atoms with Crippen molar-refractivity contribution in [2.24, 2.45) is 0 Å². The number of nitrogens with zero attached hydrogens (tertiary/aromatic N) is 3. The largest absolute Gasteiger partial charge is 0.493 e. The van der Waals surface area contributed by atoms with Gasteiger partial charge < -0.3 is 9.64 Å². The molecular weight excluding hydrogens is 371 g/mol. The van der Waals surface area contributed by atoms with E-state index in [9.17, 15) is 9.18 Å². The molecule has 0 unspecified atom stereocenters. The predicted octanol–water partition coefficient (Wildman–Crippen LogP) is 4.13. The molecule has 150 valence electrons. The van der Waals surface area contributed by atoms with E-state index < -0.39 is 0 Å². The number of likely N-dealkylation sites (tertiary alicyclic amines) is 1. The molecule has 0 aliphatic carbocycles. The lowest BCUT2D eigenvalue weighted by Crippen LogP contribution is -2.31. The molecule has 3 heterocycles. The third kappa shape index (κ3) is 4.45. The summed E-state index contributed by atoms with van der Waals surface area (Å²) in [6, 6.07) is 9.92. The van der Waals surface area contributed by atoms with Gasteiger partial charge in [-0.1, -0.05) is 6.07 Å². The third-order valence-corrected chi connectivity index (χ3v) is 5.17. The summed E-state index contributed by atoms with van der Waals surface area (Å²) >= 11 is 0. The Balaban J connectivity index is 1.36. The summed E-state index contributed by atoms with van der Waals surface area (Å²) in [7, 11) is 0. The van der Waals surface area contributed by atoms with E-state index in [0.29, 0.717) is 25.2 Å². The Labute approximate surface area is 168 Å². The highest BCUT2D eigenvalue weighted by Crippen LogP contribution is 2.36. The highest BCUT2D eigenvalue weighted by molar-refractivity contribution is 5.77. The maximum atomic E-state index is 13.2. The zero-order chi connectivity index (χ0) is 20.1. The van der Waals surface area contributed by atoms with Crippen LogP contribution in [0.1, 0.15) is 37.4 Å². The molecule has 1 aromatic carbocycles. The minimum atomic E-state index is -0.331. The van der Waals surface area contributed by atoms with Gasteiger partial charge in [-0.3, -0.25) is 14.9 Å². The van der Waals surface area contributed by atoms with Gasteiger partial charge in [0, 0.05) is 37.0 Å². The minimum Gasteiger partial charge on any atom is -0.493 e. The monoisotopic (exact) mass is 394 g/mol. The number of aromatic amines is 1. The minimum absolute atomic E-state index is 0.00250. The molecule has 1 aliphatic rings. The van der Waals surface area contributed by atoms with Crippen LogP contribution in [-0.2, 0) is 4.79 Å². The number of hydrogen-bond donors (Lipinski definition) is 1. The number of carbonyl (C=O) groups is 1. The van der Waals surface area contributed by atoms with Crippen molar-refractivity contribution in [3.8, 4) is 16.9 Å². The van der Waals surface area contributed by atoms with E-state index in [1.165, 1.54) is 12.1 Å². The summed E-state index contributed by atoms with van der Waals surface area (Å²) in [5, 5.41) is 7.32. The number of benzene rings is 1. The number of carbonyl (C=O) groups excluding carboxylic acids is 1. The van der Waals surface area contributed by atoms with Gasteiger partial charge in [0.2, 0.25) is 5.91 Å². The number of ether oxygens (including phenoxy) is 1. The van der Waals surface area contributed by atoms with Gasteiger partial charge in [0.1, 0.15) is 11.6 Å². The molecule has 2 aromatic heterocycles. The van der Waals surface area contributed by atoms with E-state index >= 15 is 0 Å². The number of pyridine rings is 1. The first-order valence-corrected chi connectivity index (χ1v) is 9.84. The molecule has 29 heavy (non-hydrogen) atoms. The fraction of sp³-hybridized carbons (Fsp3) is 0.318. The summed E-state index contributed by atoms with van der Waals surface area (Å²) in [5.74, 6) is 0.254. The Morgan fingerprint density at radius 2 is 2.14 bits per heavy atom. The van der Waals surface area contributed by atoms with Crippen LogP contribution in [0.4, 0.5) is 4.39 Å². The van der Waals surface area contributed by atoms with E-state index in [0.717, 1.165) is 36.2 Å². The Morgan fingerprint density at radius 1 is 1.28 bits per heavy atom. The molecule has 3 aromatic rings. The Hall–Kier alpha value is -3.22. The zero-order valence-corrected chi connectivity index (χ0v) is 16.1.